The molecule has 0 aliphatic carbocycles. The molecule has 0 amide bonds. The molecular formula is C12H16FNO. The molecule has 3 heteroatoms. The van der Waals surface area contributed by atoms with Crippen LogP contribution < -0.4 is 0 Å². The Morgan fingerprint density at radius 2 is 2.07 bits per heavy atom. The molecule has 0 unspecified atom stereocenters. The molecule has 1 aliphatic heterocycles. The molecule has 1 saturated heterocycles. The van der Waals surface area contributed by atoms with Gasteiger partial charge in [-0.2, -0.15) is 0 Å². The van der Waals surface area contributed by atoms with E-state index in [0.717, 1.165) is 38.0 Å². The van der Waals surface area contributed by atoms with Gasteiger partial charge in [0.1, 0.15) is 5.82 Å². The van der Waals surface area contributed by atoms with Crippen molar-refractivity contribution < 1.29 is 9.50 Å². The van der Waals surface area contributed by atoms with Crippen molar-refractivity contribution in [1.82, 2.24) is 4.90 Å². The van der Waals surface area contributed by atoms with Crippen molar-refractivity contribution in [2.75, 3.05) is 13.1 Å². The molecule has 0 spiro atoms. The number of rotatable bonds is 2. The Morgan fingerprint density at radius 3 is 2.73 bits per heavy atom. The van der Waals surface area contributed by atoms with Crippen molar-refractivity contribution in [3.05, 3.63) is 35.6 Å². The lowest BCUT2D eigenvalue weighted by Crippen LogP contribution is -2.37. The van der Waals surface area contributed by atoms with E-state index in [0.29, 0.717) is 0 Å². The average Bonchev–Trinajstić information content (AvgIpc) is 2.22. The van der Waals surface area contributed by atoms with Crippen LogP contribution in [0.15, 0.2) is 24.3 Å². The third-order valence-corrected chi connectivity index (χ3v) is 2.80. The zero-order valence-corrected chi connectivity index (χ0v) is 8.69. The van der Waals surface area contributed by atoms with Gasteiger partial charge in [-0.1, -0.05) is 12.1 Å². The summed E-state index contributed by atoms with van der Waals surface area (Å²) in [6.07, 6.45) is 1.75. The van der Waals surface area contributed by atoms with Gasteiger partial charge < -0.3 is 5.11 Å². The van der Waals surface area contributed by atoms with Crippen LogP contribution in [0.1, 0.15) is 18.4 Å². The van der Waals surface area contributed by atoms with Crippen LogP contribution in [0.25, 0.3) is 0 Å². The molecule has 2 rings (SSSR count). The number of hydrogen-bond donors (Lipinski definition) is 1. The van der Waals surface area contributed by atoms with Gasteiger partial charge in [0.2, 0.25) is 0 Å². The van der Waals surface area contributed by atoms with Crippen molar-refractivity contribution >= 4 is 0 Å². The molecule has 1 aliphatic rings. The Kier molecular flexibility index (Phi) is 3.34. The maximum absolute atomic E-state index is 12.7. The number of likely N-dealkylation sites (tertiary alicyclic amines) is 1. The molecule has 0 bridgehead atoms. The van der Waals surface area contributed by atoms with Gasteiger partial charge in [0.15, 0.2) is 0 Å². The summed E-state index contributed by atoms with van der Waals surface area (Å²) in [7, 11) is 0. The highest BCUT2D eigenvalue weighted by Crippen LogP contribution is 2.13. The first-order valence-corrected chi connectivity index (χ1v) is 5.39. The van der Waals surface area contributed by atoms with Crippen LogP contribution in [0, 0.1) is 5.82 Å². The van der Waals surface area contributed by atoms with E-state index < -0.39 is 0 Å². The average molecular weight is 209 g/mol. The lowest BCUT2D eigenvalue weighted by atomic mass is 10.1. The first kappa shape index (κ1) is 10.6. The first-order valence-electron chi connectivity index (χ1n) is 5.39. The summed E-state index contributed by atoms with van der Waals surface area (Å²) in [4.78, 5) is 2.21. The van der Waals surface area contributed by atoms with Crippen LogP contribution in [0.5, 0.6) is 0 Å². The molecule has 1 fully saturated rings. The number of piperidine rings is 1. The fourth-order valence-corrected chi connectivity index (χ4v) is 2.02. The molecule has 1 atom stereocenters. The maximum Gasteiger partial charge on any atom is 0.123 e. The molecule has 0 saturated carbocycles. The zero-order valence-electron chi connectivity index (χ0n) is 8.69. The minimum atomic E-state index is -0.197. The predicted molar refractivity (Wildman–Crippen MR) is 56.9 cm³/mol. The Hall–Kier alpha value is -0.930. The molecule has 0 aromatic heterocycles. The van der Waals surface area contributed by atoms with Gasteiger partial charge >= 0.3 is 0 Å². The van der Waals surface area contributed by atoms with Crippen molar-refractivity contribution in [2.45, 2.75) is 25.5 Å². The molecule has 1 aromatic rings. The Bertz CT molecular complexity index is 312. The van der Waals surface area contributed by atoms with Crippen molar-refractivity contribution in [3.8, 4) is 0 Å². The fourth-order valence-electron chi connectivity index (χ4n) is 2.02. The summed E-state index contributed by atoms with van der Waals surface area (Å²) in [5.41, 5.74) is 1.10. The quantitative estimate of drug-likeness (QED) is 0.802. The number of aliphatic hydroxyl groups excluding tert-OH is 1. The van der Waals surface area contributed by atoms with E-state index in [9.17, 15) is 9.50 Å². The van der Waals surface area contributed by atoms with Crippen molar-refractivity contribution in [3.63, 3.8) is 0 Å². The number of nitrogens with zero attached hydrogens (tertiary/aromatic N) is 1. The van der Waals surface area contributed by atoms with Gasteiger partial charge in [-0.05, 0) is 37.1 Å². The first-order chi connectivity index (χ1) is 7.24. The molecule has 82 valence electrons. The van der Waals surface area contributed by atoms with Crippen LogP contribution >= 0.6 is 0 Å². The minimum Gasteiger partial charge on any atom is -0.392 e. The molecule has 1 N–H and O–H groups in total. The topological polar surface area (TPSA) is 23.5 Å². The van der Waals surface area contributed by atoms with Gasteiger partial charge in [-0.25, -0.2) is 4.39 Å². The summed E-state index contributed by atoms with van der Waals surface area (Å²) in [6, 6.07) is 6.57. The SMILES string of the molecule is O[C@H]1CCCN(Cc2ccc(F)cc2)C1. The highest BCUT2D eigenvalue weighted by molar-refractivity contribution is 5.15. The molecule has 0 radical (unpaired) electrons. The summed E-state index contributed by atoms with van der Waals surface area (Å²) >= 11 is 0. The van der Waals surface area contributed by atoms with E-state index in [2.05, 4.69) is 4.90 Å². The molecular weight excluding hydrogens is 193 g/mol. The van der Waals surface area contributed by atoms with Crippen molar-refractivity contribution in [1.29, 1.82) is 0 Å². The highest BCUT2D eigenvalue weighted by atomic mass is 19.1. The van der Waals surface area contributed by atoms with Crippen LogP contribution in [0.4, 0.5) is 4.39 Å². The van der Waals surface area contributed by atoms with E-state index in [1.807, 2.05) is 0 Å². The Morgan fingerprint density at radius 1 is 1.33 bits per heavy atom. The Balaban J connectivity index is 1.93. The second kappa shape index (κ2) is 4.73. The smallest absolute Gasteiger partial charge is 0.123 e. The molecule has 15 heavy (non-hydrogen) atoms. The third-order valence-electron chi connectivity index (χ3n) is 2.80. The van der Waals surface area contributed by atoms with E-state index in [1.165, 1.54) is 12.1 Å². The second-order valence-electron chi connectivity index (χ2n) is 4.16. The number of benzene rings is 1. The summed E-state index contributed by atoms with van der Waals surface area (Å²) < 4.78 is 12.7. The van der Waals surface area contributed by atoms with E-state index in [-0.39, 0.29) is 11.9 Å². The summed E-state index contributed by atoms with van der Waals surface area (Å²) in [5.74, 6) is -0.197. The van der Waals surface area contributed by atoms with Crippen LogP contribution in [0.2, 0.25) is 0 Å². The van der Waals surface area contributed by atoms with Gasteiger partial charge in [0.05, 0.1) is 6.10 Å². The van der Waals surface area contributed by atoms with Crippen LogP contribution in [0.3, 0.4) is 0 Å². The largest absolute Gasteiger partial charge is 0.392 e. The third kappa shape index (κ3) is 3.01. The van der Waals surface area contributed by atoms with E-state index in [4.69, 9.17) is 0 Å². The van der Waals surface area contributed by atoms with Crippen LogP contribution in [-0.4, -0.2) is 29.2 Å². The lowest BCUT2D eigenvalue weighted by Gasteiger charge is -2.29. The molecule has 2 nitrogen and oxygen atoms in total. The maximum atomic E-state index is 12.7. The van der Waals surface area contributed by atoms with Gasteiger partial charge in [-0.3, -0.25) is 4.90 Å². The van der Waals surface area contributed by atoms with Gasteiger partial charge in [0.25, 0.3) is 0 Å². The molecule has 1 heterocycles. The van der Waals surface area contributed by atoms with Crippen molar-refractivity contribution in [2.24, 2.45) is 0 Å². The summed E-state index contributed by atoms with van der Waals surface area (Å²) in [5, 5.41) is 9.50. The normalized spacial score (nSPS) is 22.9. The van der Waals surface area contributed by atoms with Crippen LogP contribution in [-0.2, 0) is 6.54 Å². The van der Waals surface area contributed by atoms with E-state index >= 15 is 0 Å². The highest BCUT2D eigenvalue weighted by Gasteiger charge is 2.17. The van der Waals surface area contributed by atoms with Gasteiger partial charge in [-0.15, -0.1) is 0 Å². The monoisotopic (exact) mass is 209 g/mol. The molecule has 1 aromatic carbocycles. The summed E-state index contributed by atoms with van der Waals surface area (Å²) in [6.45, 7) is 2.56. The lowest BCUT2D eigenvalue weighted by molar-refractivity contribution is 0.0668. The predicted octanol–water partition coefficient (Wildman–Crippen LogP) is 1.78. The van der Waals surface area contributed by atoms with E-state index in [1.54, 1.807) is 12.1 Å². The number of β-amino-alcohol motifs (C(OH)–C–C–N with tert-alkyl or cyclic N) is 1. The zero-order chi connectivity index (χ0) is 10.7. The number of aliphatic hydroxyl groups is 1. The minimum absolute atomic E-state index is 0.195. The number of hydrogen-bond acceptors (Lipinski definition) is 2. The standard InChI is InChI=1S/C12H16FNO/c13-11-5-3-10(4-6-11)8-14-7-1-2-12(15)9-14/h3-6,12,15H,1-2,7-9H2/t12-/m0/s1. The fraction of sp³-hybridized carbons (Fsp3) is 0.500. The second-order valence-corrected chi connectivity index (χ2v) is 4.16. The Labute approximate surface area is 89.3 Å². The number of halogens is 1. The van der Waals surface area contributed by atoms with Gasteiger partial charge in [0, 0.05) is 13.1 Å².